The summed E-state index contributed by atoms with van der Waals surface area (Å²) in [6.07, 6.45) is 1.53. The standard InChI is InChI=1S/C9H4BrNOS/c10-7-2-1-6-3-9(11-5-12)13-8(6)4-7/h1-4H. The van der Waals surface area contributed by atoms with E-state index in [0.29, 0.717) is 5.00 Å². The molecule has 2 nitrogen and oxygen atoms in total. The fourth-order valence-electron chi connectivity index (χ4n) is 1.09. The summed E-state index contributed by atoms with van der Waals surface area (Å²) in [5.74, 6) is 0. The Morgan fingerprint density at radius 2 is 2.23 bits per heavy atom. The molecule has 0 unspecified atom stereocenters. The van der Waals surface area contributed by atoms with Crippen LogP contribution in [0.3, 0.4) is 0 Å². The third-order valence-corrected chi connectivity index (χ3v) is 3.11. The molecule has 1 aromatic heterocycles. The zero-order chi connectivity index (χ0) is 9.26. The summed E-state index contributed by atoms with van der Waals surface area (Å²) in [5, 5.41) is 1.80. The lowest BCUT2D eigenvalue weighted by atomic mass is 10.3. The van der Waals surface area contributed by atoms with Gasteiger partial charge in [-0.15, -0.1) is 11.3 Å². The number of fused-ring (bicyclic) bond motifs is 1. The van der Waals surface area contributed by atoms with E-state index >= 15 is 0 Å². The molecular formula is C9H4BrNOS. The van der Waals surface area contributed by atoms with Gasteiger partial charge in [0.15, 0.2) is 0 Å². The lowest BCUT2D eigenvalue weighted by Gasteiger charge is -1.88. The van der Waals surface area contributed by atoms with Crippen LogP contribution in [-0.4, -0.2) is 6.08 Å². The van der Waals surface area contributed by atoms with Crippen molar-refractivity contribution >= 4 is 48.4 Å². The molecule has 0 fully saturated rings. The first-order chi connectivity index (χ1) is 6.29. The van der Waals surface area contributed by atoms with E-state index in [0.717, 1.165) is 14.6 Å². The molecule has 2 rings (SSSR count). The van der Waals surface area contributed by atoms with E-state index in [1.165, 1.54) is 17.4 Å². The smallest absolute Gasteiger partial charge is 0.211 e. The Bertz CT molecular complexity index is 499. The number of halogens is 1. The third-order valence-electron chi connectivity index (χ3n) is 1.62. The van der Waals surface area contributed by atoms with Gasteiger partial charge in [-0.3, -0.25) is 0 Å². The van der Waals surface area contributed by atoms with Gasteiger partial charge in [0.1, 0.15) is 5.00 Å². The highest BCUT2D eigenvalue weighted by Gasteiger charge is 2.00. The molecule has 0 radical (unpaired) electrons. The van der Waals surface area contributed by atoms with Crippen LogP contribution in [0.15, 0.2) is 33.7 Å². The first-order valence-electron chi connectivity index (χ1n) is 3.56. The Labute approximate surface area is 87.0 Å². The van der Waals surface area contributed by atoms with Gasteiger partial charge in [0.25, 0.3) is 0 Å². The third kappa shape index (κ3) is 1.70. The van der Waals surface area contributed by atoms with Crippen molar-refractivity contribution in [2.75, 3.05) is 0 Å². The van der Waals surface area contributed by atoms with Crippen LogP contribution in [0, 0.1) is 0 Å². The van der Waals surface area contributed by atoms with Crippen molar-refractivity contribution in [1.82, 2.24) is 0 Å². The van der Waals surface area contributed by atoms with Crippen molar-refractivity contribution in [3.05, 3.63) is 28.7 Å². The minimum atomic E-state index is 0.697. The van der Waals surface area contributed by atoms with E-state index in [4.69, 9.17) is 0 Å². The van der Waals surface area contributed by atoms with E-state index in [2.05, 4.69) is 20.9 Å². The molecule has 64 valence electrons. The van der Waals surface area contributed by atoms with Gasteiger partial charge in [-0.1, -0.05) is 22.0 Å². The molecule has 0 aliphatic rings. The van der Waals surface area contributed by atoms with Crippen molar-refractivity contribution in [3.63, 3.8) is 0 Å². The first kappa shape index (κ1) is 8.63. The number of carbonyl (C=O) groups excluding carboxylic acids is 1. The SMILES string of the molecule is O=C=Nc1cc2ccc(Br)cc2s1. The van der Waals surface area contributed by atoms with Crippen LogP contribution in [0.2, 0.25) is 0 Å². The zero-order valence-electron chi connectivity index (χ0n) is 6.45. The van der Waals surface area contributed by atoms with Crippen LogP contribution in [0.4, 0.5) is 5.00 Å². The maximum atomic E-state index is 10.0. The van der Waals surface area contributed by atoms with Crippen LogP contribution >= 0.6 is 27.3 Å². The Hall–Kier alpha value is -0.960. The van der Waals surface area contributed by atoms with E-state index in [9.17, 15) is 4.79 Å². The number of aliphatic imine (C=N–C) groups is 1. The van der Waals surface area contributed by atoms with E-state index < -0.39 is 0 Å². The summed E-state index contributed by atoms with van der Waals surface area (Å²) in [4.78, 5) is 13.6. The molecule has 0 saturated carbocycles. The second kappa shape index (κ2) is 3.42. The Balaban J connectivity index is 2.68. The van der Waals surface area contributed by atoms with Crippen molar-refractivity contribution in [3.8, 4) is 0 Å². The van der Waals surface area contributed by atoms with Crippen LogP contribution in [-0.2, 0) is 4.79 Å². The summed E-state index contributed by atoms with van der Waals surface area (Å²) < 4.78 is 2.15. The predicted molar refractivity (Wildman–Crippen MR) is 57.3 cm³/mol. The number of nitrogens with zero attached hydrogens (tertiary/aromatic N) is 1. The average molecular weight is 254 g/mol. The summed E-state index contributed by atoms with van der Waals surface area (Å²) in [7, 11) is 0. The maximum Gasteiger partial charge on any atom is 0.241 e. The summed E-state index contributed by atoms with van der Waals surface area (Å²) in [6.45, 7) is 0. The van der Waals surface area contributed by atoms with Gasteiger partial charge in [-0.05, 0) is 23.6 Å². The molecule has 0 saturated heterocycles. The van der Waals surface area contributed by atoms with Gasteiger partial charge in [-0.2, -0.15) is 4.99 Å². The topological polar surface area (TPSA) is 29.4 Å². The number of thiophene rings is 1. The second-order valence-electron chi connectivity index (χ2n) is 2.47. The molecule has 0 spiro atoms. The number of rotatable bonds is 1. The monoisotopic (exact) mass is 253 g/mol. The molecule has 0 N–H and O–H groups in total. The summed E-state index contributed by atoms with van der Waals surface area (Å²) in [5.41, 5.74) is 0. The Morgan fingerprint density at radius 3 is 3.00 bits per heavy atom. The Kier molecular flexibility index (Phi) is 2.27. The highest BCUT2D eigenvalue weighted by Crippen LogP contribution is 2.33. The quantitative estimate of drug-likeness (QED) is 0.564. The molecule has 0 aliphatic heterocycles. The van der Waals surface area contributed by atoms with Crippen molar-refractivity contribution in [2.45, 2.75) is 0 Å². The van der Waals surface area contributed by atoms with E-state index in [1.807, 2.05) is 24.3 Å². The molecule has 4 heteroatoms. The van der Waals surface area contributed by atoms with Crippen LogP contribution in [0.1, 0.15) is 0 Å². The molecule has 1 heterocycles. The fourth-order valence-corrected chi connectivity index (χ4v) is 2.53. The normalized spacial score (nSPS) is 9.92. The lowest BCUT2D eigenvalue weighted by molar-refractivity contribution is 0.565. The minimum absolute atomic E-state index is 0.697. The van der Waals surface area contributed by atoms with Gasteiger partial charge >= 0.3 is 0 Å². The molecule has 0 aliphatic carbocycles. The molecule has 0 atom stereocenters. The lowest BCUT2D eigenvalue weighted by Crippen LogP contribution is -1.61. The number of hydrogen-bond acceptors (Lipinski definition) is 3. The van der Waals surface area contributed by atoms with Gasteiger partial charge in [0.2, 0.25) is 6.08 Å². The fraction of sp³-hybridized carbons (Fsp3) is 0. The van der Waals surface area contributed by atoms with Gasteiger partial charge in [0, 0.05) is 9.17 Å². The zero-order valence-corrected chi connectivity index (χ0v) is 8.85. The molecule has 2 aromatic rings. The average Bonchev–Trinajstić information content (AvgIpc) is 2.46. The van der Waals surface area contributed by atoms with E-state index in [1.54, 1.807) is 0 Å². The predicted octanol–water partition coefficient (Wildman–Crippen LogP) is 3.63. The van der Waals surface area contributed by atoms with Gasteiger partial charge in [0.05, 0.1) is 0 Å². The second-order valence-corrected chi connectivity index (χ2v) is 4.45. The largest absolute Gasteiger partial charge is 0.241 e. The van der Waals surface area contributed by atoms with Gasteiger partial charge in [-0.25, -0.2) is 4.79 Å². The number of hydrogen-bond donors (Lipinski definition) is 0. The van der Waals surface area contributed by atoms with Gasteiger partial charge < -0.3 is 0 Å². The maximum absolute atomic E-state index is 10.0. The molecule has 0 amide bonds. The van der Waals surface area contributed by atoms with Crippen LogP contribution in [0.25, 0.3) is 10.1 Å². The van der Waals surface area contributed by atoms with Crippen LogP contribution < -0.4 is 0 Å². The number of isocyanates is 1. The summed E-state index contributed by atoms with van der Waals surface area (Å²) in [6, 6.07) is 7.82. The summed E-state index contributed by atoms with van der Waals surface area (Å²) >= 11 is 4.86. The van der Waals surface area contributed by atoms with Crippen molar-refractivity contribution in [2.24, 2.45) is 4.99 Å². The van der Waals surface area contributed by atoms with Crippen LogP contribution in [0.5, 0.6) is 0 Å². The highest BCUT2D eigenvalue weighted by atomic mass is 79.9. The van der Waals surface area contributed by atoms with Crippen molar-refractivity contribution in [1.29, 1.82) is 0 Å². The first-order valence-corrected chi connectivity index (χ1v) is 5.17. The van der Waals surface area contributed by atoms with E-state index in [-0.39, 0.29) is 0 Å². The Morgan fingerprint density at radius 1 is 1.38 bits per heavy atom. The molecular weight excluding hydrogens is 250 g/mol. The molecule has 13 heavy (non-hydrogen) atoms. The number of benzene rings is 1. The molecule has 1 aromatic carbocycles. The van der Waals surface area contributed by atoms with Crippen molar-refractivity contribution < 1.29 is 4.79 Å². The molecule has 0 bridgehead atoms. The minimum Gasteiger partial charge on any atom is -0.211 e. The highest BCUT2D eigenvalue weighted by molar-refractivity contribution is 9.10.